The number of nitrogens with one attached hydrogen (secondary N) is 2. The van der Waals surface area contributed by atoms with E-state index in [1.54, 1.807) is 20.8 Å². The van der Waals surface area contributed by atoms with Crippen LogP contribution in [0, 0.1) is 0 Å². The maximum atomic E-state index is 12.9. The Morgan fingerprint density at radius 2 is 1.71 bits per heavy atom. The Kier molecular flexibility index (Phi) is 6.36. The van der Waals surface area contributed by atoms with Gasteiger partial charge in [0.2, 0.25) is 5.91 Å². The number of hydrogen-bond acceptors (Lipinski definition) is 3. The van der Waals surface area contributed by atoms with Crippen molar-refractivity contribution in [2.75, 3.05) is 13.6 Å². The molecule has 0 aromatic heterocycles. The highest BCUT2D eigenvalue weighted by molar-refractivity contribution is 5.95. The maximum absolute atomic E-state index is 12.9. The van der Waals surface area contributed by atoms with Crippen LogP contribution in [0.5, 0.6) is 0 Å². The number of rotatable bonds is 4. The van der Waals surface area contributed by atoms with Gasteiger partial charge in [-0.3, -0.25) is 15.0 Å². The smallest absolute Gasteiger partial charge is 0.333 e. The Hall–Kier alpha value is -2.09. The van der Waals surface area contributed by atoms with Crippen LogP contribution in [0.4, 0.5) is 18.0 Å². The fourth-order valence-electron chi connectivity index (χ4n) is 2.06. The van der Waals surface area contributed by atoms with Crippen LogP contribution in [-0.4, -0.2) is 36.0 Å². The average molecular weight is 345 g/mol. The lowest BCUT2D eigenvalue weighted by molar-refractivity contribution is -0.138. The predicted octanol–water partition coefficient (Wildman–Crippen LogP) is 2.76. The molecular weight excluding hydrogens is 323 g/mol. The van der Waals surface area contributed by atoms with Gasteiger partial charge >= 0.3 is 12.2 Å². The second-order valence-electron chi connectivity index (χ2n) is 6.58. The van der Waals surface area contributed by atoms with Crippen molar-refractivity contribution in [3.8, 4) is 0 Å². The van der Waals surface area contributed by atoms with Gasteiger partial charge in [-0.1, -0.05) is 18.2 Å². The highest BCUT2D eigenvalue weighted by Gasteiger charge is 2.33. The molecular formula is C16H22F3N3O2. The summed E-state index contributed by atoms with van der Waals surface area (Å²) >= 11 is 0. The molecule has 8 heteroatoms. The van der Waals surface area contributed by atoms with E-state index >= 15 is 0 Å². The van der Waals surface area contributed by atoms with E-state index in [0.717, 1.165) is 6.07 Å². The zero-order chi connectivity index (χ0) is 18.5. The lowest BCUT2D eigenvalue weighted by atomic mass is 10.1. The highest BCUT2D eigenvalue weighted by atomic mass is 19.4. The standard InChI is InChI=1S/C16H22F3N3O2/c1-15(2,3)21-14(24)20-13(23)10-22(4)9-11-7-5-6-8-12(11)16(17,18)19/h5-8H,9-10H2,1-4H3,(H2,20,21,23,24). The number of alkyl halides is 3. The summed E-state index contributed by atoms with van der Waals surface area (Å²) in [6.07, 6.45) is -4.45. The van der Waals surface area contributed by atoms with Crippen molar-refractivity contribution in [2.45, 2.75) is 39.0 Å². The first kappa shape index (κ1) is 20.0. The summed E-state index contributed by atoms with van der Waals surface area (Å²) in [5.74, 6) is -0.594. The molecule has 0 radical (unpaired) electrons. The molecule has 2 N–H and O–H groups in total. The van der Waals surface area contributed by atoms with Crippen LogP contribution in [0.1, 0.15) is 31.9 Å². The molecule has 0 aliphatic rings. The third kappa shape index (κ3) is 6.99. The van der Waals surface area contributed by atoms with Gasteiger partial charge in [0.05, 0.1) is 12.1 Å². The van der Waals surface area contributed by atoms with Crippen LogP contribution in [-0.2, 0) is 17.5 Å². The van der Waals surface area contributed by atoms with Crippen molar-refractivity contribution < 1.29 is 22.8 Å². The van der Waals surface area contributed by atoms with Gasteiger partial charge in [0, 0.05) is 12.1 Å². The van der Waals surface area contributed by atoms with Gasteiger partial charge in [0.25, 0.3) is 0 Å². The summed E-state index contributed by atoms with van der Waals surface area (Å²) in [4.78, 5) is 24.8. The second kappa shape index (κ2) is 7.65. The number of hydrogen-bond donors (Lipinski definition) is 2. The number of halogens is 3. The van der Waals surface area contributed by atoms with Gasteiger partial charge in [-0.05, 0) is 39.4 Å². The van der Waals surface area contributed by atoms with Crippen molar-refractivity contribution in [3.05, 3.63) is 35.4 Å². The molecule has 1 rings (SSSR count). The maximum Gasteiger partial charge on any atom is 0.416 e. The van der Waals surface area contributed by atoms with Crippen LogP contribution < -0.4 is 10.6 Å². The summed E-state index contributed by atoms with van der Waals surface area (Å²) in [6.45, 7) is 5.01. The summed E-state index contributed by atoms with van der Waals surface area (Å²) in [7, 11) is 1.51. The average Bonchev–Trinajstić information content (AvgIpc) is 2.34. The molecule has 0 spiro atoms. The molecule has 3 amide bonds. The molecule has 1 aromatic rings. The molecule has 134 valence electrons. The van der Waals surface area contributed by atoms with Crippen molar-refractivity contribution in [2.24, 2.45) is 0 Å². The fraction of sp³-hybridized carbons (Fsp3) is 0.500. The number of imide groups is 1. The normalized spacial score (nSPS) is 12.2. The van der Waals surface area contributed by atoms with E-state index in [-0.39, 0.29) is 18.7 Å². The van der Waals surface area contributed by atoms with E-state index in [2.05, 4.69) is 10.6 Å². The van der Waals surface area contributed by atoms with Gasteiger partial charge in [-0.25, -0.2) is 4.79 Å². The number of nitrogens with zero attached hydrogens (tertiary/aromatic N) is 1. The topological polar surface area (TPSA) is 61.4 Å². The SMILES string of the molecule is CN(CC(=O)NC(=O)NC(C)(C)C)Cc1ccccc1C(F)(F)F. The third-order valence-corrected chi connectivity index (χ3v) is 2.92. The molecule has 24 heavy (non-hydrogen) atoms. The van der Waals surface area contributed by atoms with E-state index in [1.165, 1.54) is 30.1 Å². The van der Waals surface area contributed by atoms with Gasteiger partial charge < -0.3 is 5.32 Å². The quantitative estimate of drug-likeness (QED) is 0.882. The second-order valence-corrected chi connectivity index (χ2v) is 6.58. The van der Waals surface area contributed by atoms with Gasteiger partial charge in [0.1, 0.15) is 0 Å². The van der Waals surface area contributed by atoms with Crippen LogP contribution >= 0.6 is 0 Å². The lowest BCUT2D eigenvalue weighted by Crippen LogP contribution is -2.50. The van der Waals surface area contributed by atoms with Crippen LogP contribution in [0.2, 0.25) is 0 Å². The first-order valence-corrected chi connectivity index (χ1v) is 7.34. The van der Waals surface area contributed by atoms with Gasteiger partial charge in [-0.15, -0.1) is 0 Å². The van der Waals surface area contributed by atoms with E-state index < -0.39 is 29.2 Å². The summed E-state index contributed by atoms with van der Waals surface area (Å²) in [6, 6.07) is 4.55. The summed E-state index contributed by atoms with van der Waals surface area (Å²) in [5.41, 5.74) is -1.16. The number of amides is 3. The van der Waals surface area contributed by atoms with E-state index in [9.17, 15) is 22.8 Å². The van der Waals surface area contributed by atoms with E-state index in [0.29, 0.717) is 0 Å². The summed E-state index contributed by atoms with van der Waals surface area (Å²) in [5, 5.41) is 4.71. The molecule has 0 unspecified atom stereocenters. The molecule has 0 heterocycles. The molecule has 0 atom stereocenters. The lowest BCUT2D eigenvalue weighted by Gasteiger charge is -2.22. The highest BCUT2D eigenvalue weighted by Crippen LogP contribution is 2.32. The molecule has 0 aliphatic heterocycles. The first-order chi connectivity index (χ1) is 10.9. The number of carbonyl (C=O) groups is 2. The Morgan fingerprint density at radius 3 is 2.25 bits per heavy atom. The minimum Gasteiger partial charge on any atom is -0.333 e. The van der Waals surface area contributed by atoms with E-state index in [1.807, 2.05) is 0 Å². The molecule has 5 nitrogen and oxygen atoms in total. The van der Waals surface area contributed by atoms with Crippen molar-refractivity contribution in [1.29, 1.82) is 0 Å². The van der Waals surface area contributed by atoms with Crippen molar-refractivity contribution in [3.63, 3.8) is 0 Å². The largest absolute Gasteiger partial charge is 0.416 e. The zero-order valence-corrected chi connectivity index (χ0v) is 14.1. The predicted molar refractivity (Wildman–Crippen MR) is 84.2 cm³/mol. The number of carbonyl (C=O) groups excluding carboxylic acids is 2. The Bertz CT molecular complexity index is 595. The van der Waals surface area contributed by atoms with Crippen molar-refractivity contribution >= 4 is 11.9 Å². The van der Waals surface area contributed by atoms with Crippen LogP contribution in [0.3, 0.4) is 0 Å². The molecule has 0 bridgehead atoms. The minimum absolute atomic E-state index is 0.0655. The monoisotopic (exact) mass is 345 g/mol. The summed E-state index contributed by atoms with van der Waals surface area (Å²) < 4.78 is 38.8. The van der Waals surface area contributed by atoms with Crippen molar-refractivity contribution in [1.82, 2.24) is 15.5 Å². The number of urea groups is 1. The van der Waals surface area contributed by atoms with Crippen LogP contribution in [0.25, 0.3) is 0 Å². The fourth-order valence-corrected chi connectivity index (χ4v) is 2.06. The Labute approximate surface area is 139 Å². The van der Waals surface area contributed by atoms with Gasteiger partial charge in [0.15, 0.2) is 0 Å². The zero-order valence-electron chi connectivity index (χ0n) is 14.1. The molecule has 0 fully saturated rings. The van der Waals surface area contributed by atoms with E-state index in [4.69, 9.17) is 0 Å². The minimum atomic E-state index is -4.45. The van der Waals surface area contributed by atoms with Gasteiger partial charge in [-0.2, -0.15) is 13.2 Å². The number of benzene rings is 1. The first-order valence-electron chi connectivity index (χ1n) is 7.34. The van der Waals surface area contributed by atoms with Crippen LogP contribution in [0.15, 0.2) is 24.3 Å². The third-order valence-electron chi connectivity index (χ3n) is 2.92. The Balaban J connectivity index is 2.63. The number of likely N-dealkylation sites (N-methyl/N-ethyl adjacent to an activating group) is 1. The molecule has 0 saturated carbocycles. The molecule has 0 aliphatic carbocycles. The Morgan fingerprint density at radius 1 is 1.12 bits per heavy atom. The molecule has 0 saturated heterocycles. The molecule has 1 aromatic carbocycles.